The van der Waals surface area contributed by atoms with Crippen LogP contribution < -0.4 is 5.43 Å². The average Bonchev–Trinajstić information content (AvgIpc) is 3.06. The molecule has 114 valence electrons. The van der Waals surface area contributed by atoms with E-state index in [0.717, 1.165) is 11.1 Å². The maximum Gasteiger partial charge on any atom is 0.289 e. The van der Waals surface area contributed by atoms with Gasteiger partial charge in [0.15, 0.2) is 0 Å². The smallest absolute Gasteiger partial charge is 0.272 e. The van der Waals surface area contributed by atoms with E-state index in [4.69, 9.17) is 0 Å². The van der Waals surface area contributed by atoms with Crippen LogP contribution in [0.5, 0.6) is 0 Å². The first kappa shape index (κ1) is 14.6. The van der Waals surface area contributed by atoms with Crippen molar-refractivity contribution in [2.75, 3.05) is 0 Å². The zero-order chi connectivity index (χ0) is 16.1. The number of nitrogens with zero attached hydrogens (tertiary/aromatic N) is 2. The number of carbonyl (C=O) groups excluding carboxylic acids is 1. The van der Waals surface area contributed by atoms with Crippen LogP contribution in [0.3, 0.4) is 0 Å². The Morgan fingerprint density at radius 3 is 2.61 bits per heavy atom. The maximum absolute atomic E-state index is 12.9. The molecule has 0 aliphatic rings. The van der Waals surface area contributed by atoms with E-state index >= 15 is 0 Å². The molecule has 0 saturated heterocycles. The van der Waals surface area contributed by atoms with Gasteiger partial charge in [-0.1, -0.05) is 30.3 Å². The van der Waals surface area contributed by atoms with Gasteiger partial charge in [-0.05, 0) is 35.9 Å². The third-order valence-electron chi connectivity index (χ3n) is 3.14. The second-order valence-electron chi connectivity index (χ2n) is 4.78. The number of H-pyrrole nitrogens is 1. The molecular formula is C17H13FN4O. The first-order valence-electron chi connectivity index (χ1n) is 6.92. The minimum absolute atomic E-state index is 0.273. The molecule has 1 heterocycles. The Kier molecular flexibility index (Phi) is 4.24. The van der Waals surface area contributed by atoms with E-state index in [0.29, 0.717) is 5.69 Å². The van der Waals surface area contributed by atoms with E-state index in [1.54, 1.807) is 24.4 Å². The largest absolute Gasteiger partial charge is 0.289 e. The summed E-state index contributed by atoms with van der Waals surface area (Å²) in [6, 6.07) is 16.9. The third-order valence-corrected chi connectivity index (χ3v) is 3.14. The van der Waals surface area contributed by atoms with Crippen molar-refractivity contribution in [1.82, 2.24) is 15.6 Å². The van der Waals surface area contributed by atoms with Gasteiger partial charge in [0.25, 0.3) is 5.91 Å². The van der Waals surface area contributed by atoms with E-state index in [-0.39, 0.29) is 11.5 Å². The van der Waals surface area contributed by atoms with Crippen LogP contribution in [-0.2, 0) is 0 Å². The number of nitrogens with one attached hydrogen (secondary N) is 2. The number of aromatic nitrogens is 2. The van der Waals surface area contributed by atoms with Crippen molar-refractivity contribution in [1.29, 1.82) is 0 Å². The number of aromatic amines is 1. The van der Waals surface area contributed by atoms with Crippen molar-refractivity contribution in [2.24, 2.45) is 5.10 Å². The van der Waals surface area contributed by atoms with Gasteiger partial charge in [0, 0.05) is 5.56 Å². The van der Waals surface area contributed by atoms with Crippen LogP contribution in [0.4, 0.5) is 4.39 Å². The van der Waals surface area contributed by atoms with Crippen LogP contribution in [0, 0.1) is 5.82 Å². The van der Waals surface area contributed by atoms with Crippen molar-refractivity contribution < 1.29 is 9.18 Å². The summed E-state index contributed by atoms with van der Waals surface area (Å²) in [6.07, 6.45) is 1.55. The van der Waals surface area contributed by atoms with Gasteiger partial charge in [-0.2, -0.15) is 10.2 Å². The average molecular weight is 308 g/mol. The Labute approximate surface area is 131 Å². The number of rotatable bonds is 4. The lowest BCUT2D eigenvalue weighted by atomic mass is 10.1. The summed E-state index contributed by atoms with van der Waals surface area (Å²) < 4.78 is 12.9. The lowest BCUT2D eigenvalue weighted by Crippen LogP contribution is -2.17. The van der Waals surface area contributed by atoms with E-state index < -0.39 is 5.91 Å². The van der Waals surface area contributed by atoms with Crippen LogP contribution in [0.1, 0.15) is 16.1 Å². The van der Waals surface area contributed by atoms with Crippen molar-refractivity contribution in [3.05, 3.63) is 77.7 Å². The van der Waals surface area contributed by atoms with Crippen molar-refractivity contribution in [2.45, 2.75) is 0 Å². The van der Waals surface area contributed by atoms with E-state index in [9.17, 15) is 9.18 Å². The highest BCUT2D eigenvalue weighted by atomic mass is 19.1. The Bertz CT molecular complexity index is 825. The first-order valence-corrected chi connectivity index (χ1v) is 6.92. The van der Waals surface area contributed by atoms with Gasteiger partial charge >= 0.3 is 0 Å². The van der Waals surface area contributed by atoms with E-state index in [2.05, 4.69) is 20.7 Å². The number of hydrogen-bond acceptors (Lipinski definition) is 3. The zero-order valence-electron chi connectivity index (χ0n) is 12.0. The van der Waals surface area contributed by atoms with Gasteiger partial charge in [0.1, 0.15) is 11.5 Å². The summed E-state index contributed by atoms with van der Waals surface area (Å²) in [7, 11) is 0. The molecule has 3 rings (SSSR count). The summed E-state index contributed by atoms with van der Waals surface area (Å²) in [6.45, 7) is 0. The number of carbonyl (C=O) groups is 1. The summed E-state index contributed by atoms with van der Waals surface area (Å²) in [4.78, 5) is 12.0. The summed E-state index contributed by atoms with van der Waals surface area (Å²) >= 11 is 0. The quantitative estimate of drug-likeness (QED) is 0.574. The lowest BCUT2D eigenvalue weighted by molar-refractivity contribution is 0.0950. The Balaban J connectivity index is 1.67. The standard InChI is InChI=1S/C17H13FN4O/c18-14-8-6-13(7-9-14)15-10-16(21-20-15)17(23)22-19-11-12-4-2-1-3-5-12/h1-11H,(H,20,21)(H,22,23)/b19-11+. The van der Waals surface area contributed by atoms with E-state index in [1.807, 2.05) is 30.3 Å². The minimum Gasteiger partial charge on any atom is -0.272 e. The molecule has 1 amide bonds. The third kappa shape index (κ3) is 3.68. The minimum atomic E-state index is -0.405. The van der Waals surface area contributed by atoms with Gasteiger partial charge in [-0.25, -0.2) is 9.82 Å². The molecule has 0 aliphatic carbocycles. The highest BCUT2D eigenvalue weighted by Gasteiger charge is 2.10. The molecule has 0 spiro atoms. The monoisotopic (exact) mass is 308 g/mol. The molecule has 0 saturated carbocycles. The van der Waals surface area contributed by atoms with Gasteiger partial charge in [-0.3, -0.25) is 9.89 Å². The van der Waals surface area contributed by atoms with Crippen LogP contribution in [0.15, 0.2) is 65.8 Å². The molecule has 0 aliphatic heterocycles. The number of hydrazone groups is 1. The fourth-order valence-electron chi connectivity index (χ4n) is 1.97. The molecule has 0 radical (unpaired) electrons. The number of hydrogen-bond donors (Lipinski definition) is 2. The van der Waals surface area contributed by atoms with Gasteiger partial charge in [0.2, 0.25) is 0 Å². The Hall–Kier alpha value is -3.28. The second-order valence-corrected chi connectivity index (χ2v) is 4.78. The number of amides is 1. The molecule has 0 atom stereocenters. The van der Waals surface area contributed by atoms with Crippen LogP contribution in [-0.4, -0.2) is 22.3 Å². The summed E-state index contributed by atoms with van der Waals surface area (Å²) in [5.41, 5.74) is 4.85. The molecule has 5 nitrogen and oxygen atoms in total. The summed E-state index contributed by atoms with van der Waals surface area (Å²) in [5, 5.41) is 10.6. The molecule has 0 fully saturated rings. The SMILES string of the molecule is O=C(N/N=C/c1ccccc1)c1cc(-c2ccc(F)cc2)n[nH]1. The highest BCUT2D eigenvalue weighted by molar-refractivity contribution is 5.94. The van der Waals surface area contributed by atoms with Crippen molar-refractivity contribution in [3.8, 4) is 11.3 Å². The molecule has 0 bridgehead atoms. The molecule has 2 aromatic carbocycles. The van der Waals surface area contributed by atoms with Gasteiger partial charge in [-0.15, -0.1) is 0 Å². The predicted molar refractivity (Wildman–Crippen MR) is 85.5 cm³/mol. The van der Waals surface area contributed by atoms with Crippen LogP contribution in [0.2, 0.25) is 0 Å². The maximum atomic E-state index is 12.9. The number of benzene rings is 2. The predicted octanol–water partition coefficient (Wildman–Crippen LogP) is 2.98. The fourth-order valence-corrected chi connectivity index (χ4v) is 1.97. The Morgan fingerprint density at radius 2 is 1.87 bits per heavy atom. The molecule has 3 aromatic rings. The van der Waals surface area contributed by atoms with Gasteiger partial charge < -0.3 is 0 Å². The van der Waals surface area contributed by atoms with Crippen molar-refractivity contribution >= 4 is 12.1 Å². The molecule has 2 N–H and O–H groups in total. The Morgan fingerprint density at radius 1 is 1.13 bits per heavy atom. The molecule has 23 heavy (non-hydrogen) atoms. The fraction of sp³-hybridized carbons (Fsp3) is 0. The molecular weight excluding hydrogens is 295 g/mol. The molecule has 1 aromatic heterocycles. The second kappa shape index (κ2) is 6.65. The lowest BCUT2D eigenvalue weighted by Gasteiger charge is -1.96. The molecule has 0 unspecified atom stereocenters. The van der Waals surface area contributed by atoms with E-state index in [1.165, 1.54) is 12.1 Å². The normalized spacial score (nSPS) is 10.8. The topological polar surface area (TPSA) is 70.1 Å². The van der Waals surface area contributed by atoms with Gasteiger partial charge in [0.05, 0.1) is 11.9 Å². The van der Waals surface area contributed by atoms with Crippen LogP contribution in [0.25, 0.3) is 11.3 Å². The molecule has 6 heteroatoms. The first-order chi connectivity index (χ1) is 11.2. The zero-order valence-corrected chi connectivity index (χ0v) is 12.0. The number of halogens is 1. The highest BCUT2D eigenvalue weighted by Crippen LogP contribution is 2.17. The summed E-state index contributed by atoms with van der Waals surface area (Å²) in [5.74, 6) is -0.726. The van der Waals surface area contributed by atoms with Crippen LogP contribution >= 0.6 is 0 Å². The van der Waals surface area contributed by atoms with Crippen molar-refractivity contribution in [3.63, 3.8) is 0 Å².